The molecule has 3 heterocycles. The molecule has 206 valence electrons. The van der Waals surface area contributed by atoms with Gasteiger partial charge in [0.1, 0.15) is 23.2 Å². The Morgan fingerprint density at radius 3 is 2.56 bits per heavy atom. The van der Waals surface area contributed by atoms with Gasteiger partial charge >= 0.3 is 0 Å². The number of benzene rings is 1. The number of nitrogen functional groups attached to an aromatic ring is 1. The van der Waals surface area contributed by atoms with Crippen molar-refractivity contribution in [1.82, 2.24) is 14.7 Å². The molecule has 0 radical (unpaired) electrons. The molecule has 5 rings (SSSR count). The number of carbonyl (C=O) groups excluding carboxylic acids is 1. The third-order valence-electron chi connectivity index (χ3n) is 7.02. The van der Waals surface area contributed by atoms with Gasteiger partial charge in [0.15, 0.2) is 5.03 Å². The van der Waals surface area contributed by atoms with Crippen molar-refractivity contribution in [2.24, 2.45) is 17.8 Å². The molecule has 1 aromatic carbocycles. The first-order valence-corrected chi connectivity index (χ1v) is 14.5. The molecule has 2 aromatic heterocycles. The van der Waals surface area contributed by atoms with E-state index in [2.05, 4.69) is 9.71 Å². The number of nitrogens with one attached hydrogen (secondary N) is 1. The predicted molar refractivity (Wildman–Crippen MR) is 146 cm³/mol. The summed E-state index contributed by atoms with van der Waals surface area (Å²) >= 11 is 0. The first kappa shape index (κ1) is 26.9. The van der Waals surface area contributed by atoms with Gasteiger partial charge in [-0.2, -0.15) is 8.42 Å². The Bertz CT molecular complexity index is 1490. The summed E-state index contributed by atoms with van der Waals surface area (Å²) in [6.45, 7) is 5.87. The van der Waals surface area contributed by atoms with Gasteiger partial charge in [0.2, 0.25) is 0 Å². The maximum atomic E-state index is 14.5. The van der Waals surface area contributed by atoms with E-state index in [4.69, 9.17) is 15.5 Å². The molecule has 3 N–H and O–H groups in total. The van der Waals surface area contributed by atoms with Crippen LogP contribution in [-0.4, -0.2) is 44.0 Å². The molecule has 2 fully saturated rings. The third-order valence-corrected chi connectivity index (χ3v) is 8.26. The smallest absolute Gasteiger partial charge is 0.281 e. The lowest BCUT2D eigenvalue weighted by atomic mass is 9.98. The summed E-state index contributed by atoms with van der Waals surface area (Å²) in [4.78, 5) is 24.0. The Labute approximate surface area is 227 Å². The molecule has 2 atom stereocenters. The average Bonchev–Trinajstić information content (AvgIpc) is 3.23. The average molecular weight is 554 g/mol. The van der Waals surface area contributed by atoms with Gasteiger partial charge in [0.05, 0.1) is 17.9 Å². The number of hydrogen-bond acceptors (Lipinski definition) is 8. The van der Waals surface area contributed by atoms with Crippen LogP contribution in [0.15, 0.2) is 53.6 Å². The van der Waals surface area contributed by atoms with E-state index in [0.717, 1.165) is 19.3 Å². The summed E-state index contributed by atoms with van der Waals surface area (Å²) in [7, 11) is -4.28. The van der Waals surface area contributed by atoms with Crippen LogP contribution in [0.2, 0.25) is 0 Å². The Balaban J connectivity index is 1.51. The molecule has 1 saturated heterocycles. The number of nitrogens with zero attached hydrogens (tertiary/aromatic N) is 3. The van der Waals surface area contributed by atoms with Gasteiger partial charge in [-0.1, -0.05) is 19.9 Å². The second-order valence-corrected chi connectivity index (χ2v) is 12.4. The number of amides is 1. The van der Waals surface area contributed by atoms with Crippen LogP contribution >= 0.6 is 0 Å². The molecule has 2 aliphatic rings. The van der Waals surface area contributed by atoms with E-state index >= 15 is 0 Å². The fourth-order valence-corrected chi connectivity index (χ4v) is 6.22. The summed E-state index contributed by atoms with van der Waals surface area (Å²) in [6.07, 6.45) is 3.35. The number of halogens is 1. The highest BCUT2D eigenvalue weighted by Gasteiger charge is 2.35. The van der Waals surface area contributed by atoms with Crippen molar-refractivity contribution < 1.29 is 22.3 Å². The Kier molecular flexibility index (Phi) is 7.44. The number of rotatable bonds is 8. The number of carbonyl (C=O) groups is 1. The van der Waals surface area contributed by atoms with E-state index in [9.17, 15) is 17.6 Å². The molecule has 0 spiro atoms. The minimum Gasteiger partial charge on any atom is -0.493 e. The summed E-state index contributed by atoms with van der Waals surface area (Å²) in [5.74, 6) is 0.720. The zero-order valence-corrected chi connectivity index (χ0v) is 22.7. The molecule has 1 aliphatic heterocycles. The van der Waals surface area contributed by atoms with Crippen molar-refractivity contribution in [3.8, 4) is 17.0 Å². The van der Waals surface area contributed by atoms with E-state index in [1.165, 1.54) is 36.4 Å². The maximum Gasteiger partial charge on any atom is 0.281 e. The molecular weight excluding hydrogens is 521 g/mol. The molecule has 3 aromatic rings. The van der Waals surface area contributed by atoms with Gasteiger partial charge in [0, 0.05) is 24.7 Å². The zero-order valence-electron chi connectivity index (χ0n) is 21.9. The van der Waals surface area contributed by atoms with Gasteiger partial charge in [-0.3, -0.25) is 4.79 Å². The lowest BCUT2D eigenvalue weighted by molar-refractivity contribution is 0.0981. The van der Waals surface area contributed by atoms with Crippen LogP contribution in [0.25, 0.3) is 11.3 Å². The van der Waals surface area contributed by atoms with Gasteiger partial charge in [-0.15, -0.1) is 0 Å². The van der Waals surface area contributed by atoms with E-state index in [0.29, 0.717) is 54.4 Å². The Morgan fingerprint density at radius 2 is 1.87 bits per heavy atom. The molecular formula is C28H32FN5O4S. The largest absolute Gasteiger partial charge is 0.493 e. The van der Waals surface area contributed by atoms with Gasteiger partial charge in [-0.05, 0) is 73.4 Å². The van der Waals surface area contributed by atoms with Crippen LogP contribution in [0, 0.1) is 23.6 Å². The molecule has 2 bridgehead atoms. The fraction of sp³-hybridized carbons (Fsp3) is 0.393. The number of hydrogen-bond donors (Lipinski definition) is 2. The summed E-state index contributed by atoms with van der Waals surface area (Å²) in [6, 6.07) is 11.7. The fourth-order valence-electron chi connectivity index (χ4n) is 5.28. The minimum absolute atomic E-state index is 0.0210. The van der Waals surface area contributed by atoms with Crippen LogP contribution in [0.4, 0.5) is 16.0 Å². The van der Waals surface area contributed by atoms with Crippen molar-refractivity contribution in [3.63, 3.8) is 0 Å². The van der Waals surface area contributed by atoms with Gasteiger partial charge in [-0.25, -0.2) is 19.1 Å². The highest BCUT2D eigenvalue weighted by Crippen LogP contribution is 2.39. The number of sulfonamides is 1. The standard InChI is InChI=1S/C28H32FN5O4S/c1-17(2)16-38-22-12-20(11-21(29)13-22)24-9-8-23(27(31-24)34-14-18-6-7-19(10-18)15-34)28(35)33-39(36,37)26-5-3-4-25(30)32-26/h3-5,8-9,11-13,17-19H,6-7,10,14-16H2,1-2H3,(H2,30,32)(H,33,35). The molecule has 1 aliphatic carbocycles. The van der Waals surface area contributed by atoms with Crippen LogP contribution in [0.1, 0.15) is 43.5 Å². The number of pyridine rings is 2. The molecule has 39 heavy (non-hydrogen) atoms. The highest BCUT2D eigenvalue weighted by atomic mass is 32.2. The number of aromatic nitrogens is 2. The summed E-state index contributed by atoms with van der Waals surface area (Å²) in [5, 5.41) is -0.355. The van der Waals surface area contributed by atoms with Crippen LogP contribution in [0.3, 0.4) is 0 Å². The number of fused-ring (bicyclic) bond motifs is 2. The first-order valence-electron chi connectivity index (χ1n) is 13.1. The van der Waals surface area contributed by atoms with E-state index in [-0.39, 0.29) is 22.3 Å². The van der Waals surface area contributed by atoms with Crippen molar-refractivity contribution in [2.75, 3.05) is 30.3 Å². The molecule has 1 saturated carbocycles. The highest BCUT2D eigenvalue weighted by molar-refractivity contribution is 7.90. The second kappa shape index (κ2) is 10.8. The molecule has 2 unspecified atom stereocenters. The molecule has 1 amide bonds. The lowest BCUT2D eigenvalue weighted by Crippen LogP contribution is -2.39. The van der Waals surface area contributed by atoms with Crippen LogP contribution in [0.5, 0.6) is 5.75 Å². The Hall–Kier alpha value is -3.73. The third kappa shape index (κ3) is 6.13. The quantitative estimate of drug-likeness (QED) is 0.424. The number of ether oxygens (including phenoxy) is 1. The van der Waals surface area contributed by atoms with Crippen molar-refractivity contribution >= 4 is 27.6 Å². The zero-order chi connectivity index (χ0) is 27.7. The van der Waals surface area contributed by atoms with Crippen molar-refractivity contribution in [2.45, 2.75) is 38.1 Å². The maximum absolute atomic E-state index is 14.5. The van der Waals surface area contributed by atoms with Crippen molar-refractivity contribution in [3.05, 3.63) is 59.9 Å². The Morgan fingerprint density at radius 1 is 1.13 bits per heavy atom. The minimum atomic E-state index is -4.28. The predicted octanol–water partition coefficient (Wildman–Crippen LogP) is 4.25. The SMILES string of the molecule is CC(C)COc1cc(F)cc(-c2ccc(C(=O)NS(=O)(=O)c3cccc(N)n3)c(N3CC4CCC(C4)C3)n2)c1. The molecule has 9 nitrogen and oxygen atoms in total. The van der Waals surface area contributed by atoms with E-state index < -0.39 is 21.7 Å². The topological polar surface area (TPSA) is 128 Å². The second-order valence-electron chi connectivity index (χ2n) is 10.7. The van der Waals surface area contributed by atoms with Gasteiger partial charge < -0.3 is 15.4 Å². The summed E-state index contributed by atoms with van der Waals surface area (Å²) in [5.41, 5.74) is 6.70. The molecule has 11 heteroatoms. The van der Waals surface area contributed by atoms with E-state index in [1.54, 1.807) is 12.1 Å². The summed E-state index contributed by atoms with van der Waals surface area (Å²) < 4.78 is 48.2. The normalized spacial score (nSPS) is 18.8. The number of piperidine rings is 1. The first-order chi connectivity index (χ1) is 18.6. The van der Waals surface area contributed by atoms with Crippen LogP contribution < -0.4 is 20.1 Å². The van der Waals surface area contributed by atoms with Gasteiger partial charge in [0.25, 0.3) is 15.9 Å². The van der Waals surface area contributed by atoms with E-state index in [1.807, 2.05) is 18.7 Å². The van der Waals surface area contributed by atoms with Crippen LogP contribution in [-0.2, 0) is 10.0 Å². The van der Waals surface area contributed by atoms with Crippen molar-refractivity contribution in [1.29, 1.82) is 0 Å². The number of anilines is 2. The monoisotopic (exact) mass is 553 g/mol. The number of nitrogens with two attached hydrogens (primary N) is 1. The lowest BCUT2D eigenvalue weighted by Gasteiger charge is -2.34.